The van der Waals surface area contributed by atoms with E-state index in [-0.39, 0.29) is 11.7 Å². The van der Waals surface area contributed by atoms with Gasteiger partial charge in [0.05, 0.1) is 11.6 Å². The van der Waals surface area contributed by atoms with Crippen molar-refractivity contribution >= 4 is 21.8 Å². The van der Waals surface area contributed by atoms with E-state index in [2.05, 4.69) is 21.2 Å². The molecule has 20 heavy (non-hydrogen) atoms. The van der Waals surface area contributed by atoms with Gasteiger partial charge in [0.25, 0.3) is 0 Å². The van der Waals surface area contributed by atoms with Crippen molar-refractivity contribution in [3.8, 4) is 11.5 Å². The molecule has 1 aliphatic rings. The Labute approximate surface area is 127 Å². The van der Waals surface area contributed by atoms with Gasteiger partial charge in [-0.25, -0.2) is 0 Å². The number of carbonyl (C=O) groups excluding carboxylic acids is 1. The average molecular weight is 343 g/mol. The first-order chi connectivity index (χ1) is 9.63. The number of methoxy groups -OCH3 is 1. The summed E-state index contributed by atoms with van der Waals surface area (Å²) in [4.78, 5) is 14.0. The Morgan fingerprint density at radius 1 is 1.45 bits per heavy atom. The molecular formula is C14H19BrN2O3. The lowest BCUT2D eigenvalue weighted by atomic mass is 10.1. The lowest BCUT2D eigenvalue weighted by Gasteiger charge is -2.27. The number of piperazine rings is 1. The molecule has 2 rings (SSSR count). The molecule has 1 fully saturated rings. The van der Waals surface area contributed by atoms with E-state index in [4.69, 9.17) is 4.74 Å². The van der Waals surface area contributed by atoms with Crippen LogP contribution in [-0.4, -0.2) is 49.2 Å². The summed E-state index contributed by atoms with van der Waals surface area (Å²) in [5, 5.41) is 13.1. The van der Waals surface area contributed by atoms with Gasteiger partial charge in [-0.2, -0.15) is 0 Å². The van der Waals surface area contributed by atoms with Gasteiger partial charge in [0, 0.05) is 32.6 Å². The molecule has 0 atom stereocenters. The number of amides is 1. The minimum Gasteiger partial charge on any atom is -0.503 e. The number of phenolic OH excluding ortho intramolecular Hbond substituents is 1. The van der Waals surface area contributed by atoms with Crippen LogP contribution in [0.25, 0.3) is 0 Å². The molecular weight excluding hydrogens is 324 g/mol. The zero-order chi connectivity index (χ0) is 14.5. The van der Waals surface area contributed by atoms with Gasteiger partial charge in [0.15, 0.2) is 11.5 Å². The van der Waals surface area contributed by atoms with E-state index in [1.807, 2.05) is 11.0 Å². The van der Waals surface area contributed by atoms with E-state index in [0.717, 1.165) is 31.7 Å². The first kappa shape index (κ1) is 15.1. The largest absolute Gasteiger partial charge is 0.503 e. The standard InChI is InChI=1S/C14H19BrN2O3/c1-20-11-4-2-10(13(15)14(11)19)3-5-12(18)17-8-6-16-7-9-17/h2,4,16,19H,3,5-9H2,1H3. The number of phenols is 1. The van der Waals surface area contributed by atoms with Crippen molar-refractivity contribution in [1.29, 1.82) is 0 Å². The summed E-state index contributed by atoms with van der Waals surface area (Å²) in [5.41, 5.74) is 0.909. The predicted molar refractivity (Wildman–Crippen MR) is 80.1 cm³/mol. The van der Waals surface area contributed by atoms with Crippen LogP contribution in [0.4, 0.5) is 0 Å². The summed E-state index contributed by atoms with van der Waals surface area (Å²) in [6.07, 6.45) is 1.05. The number of rotatable bonds is 4. The predicted octanol–water partition coefficient (Wildman–Crippen LogP) is 1.53. The molecule has 0 bridgehead atoms. The normalized spacial score (nSPS) is 15.2. The highest BCUT2D eigenvalue weighted by Crippen LogP contribution is 2.36. The number of hydrogen-bond acceptors (Lipinski definition) is 4. The van der Waals surface area contributed by atoms with Crippen LogP contribution < -0.4 is 10.1 Å². The van der Waals surface area contributed by atoms with Crippen LogP contribution in [0.5, 0.6) is 11.5 Å². The quantitative estimate of drug-likeness (QED) is 0.870. The molecule has 1 aromatic carbocycles. The van der Waals surface area contributed by atoms with Gasteiger partial charge in [0.1, 0.15) is 0 Å². The third-order valence-electron chi connectivity index (χ3n) is 3.46. The molecule has 0 aliphatic carbocycles. The van der Waals surface area contributed by atoms with Gasteiger partial charge in [-0.3, -0.25) is 4.79 Å². The second-order valence-electron chi connectivity index (χ2n) is 4.72. The fourth-order valence-corrected chi connectivity index (χ4v) is 2.79. The van der Waals surface area contributed by atoms with Crippen LogP contribution in [-0.2, 0) is 11.2 Å². The summed E-state index contributed by atoms with van der Waals surface area (Å²) < 4.78 is 5.64. The number of nitrogens with zero attached hydrogens (tertiary/aromatic N) is 1. The minimum absolute atomic E-state index is 0.0830. The molecule has 1 heterocycles. The third-order valence-corrected chi connectivity index (χ3v) is 4.34. The maximum Gasteiger partial charge on any atom is 0.222 e. The molecule has 0 aromatic heterocycles. The van der Waals surface area contributed by atoms with Crippen LogP contribution in [0, 0.1) is 0 Å². The van der Waals surface area contributed by atoms with E-state index in [1.54, 1.807) is 6.07 Å². The average Bonchev–Trinajstić information content (AvgIpc) is 2.49. The highest BCUT2D eigenvalue weighted by Gasteiger charge is 2.17. The summed E-state index contributed by atoms with van der Waals surface area (Å²) in [6.45, 7) is 3.26. The van der Waals surface area contributed by atoms with Crippen LogP contribution in [0.3, 0.4) is 0 Å². The topological polar surface area (TPSA) is 61.8 Å². The van der Waals surface area contributed by atoms with Crippen molar-refractivity contribution in [2.75, 3.05) is 33.3 Å². The Hall–Kier alpha value is -1.27. The highest BCUT2D eigenvalue weighted by molar-refractivity contribution is 9.10. The molecule has 6 heteroatoms. The number of halogens is 1. The molecule has 0 saturated carbocycles. The SMILES string of the molecule is COc1ccc(CCC(=O)N2CCNCC2)c(Br)c1O. The van der Waals surface area contributed by atoms with E-state index >= 15 is 0 Å². The van der Waals surface area contributed by atoms with Crippen LogP contribution in [0.2, 0.25) is 0 Å². The number of aromatic hydroxyl groups is 1. The Kier molecular flexibility index (Phi) is 5.25. The van der Waals surface area contributed by atoms with Crippen molar-refractivity contribution in [1.82, 2.24) is 10.2 Å². The van der Waals surface area contributed by atoms with Gasteiger partial charge in [-0.05, 0) is 34.0 Å². The Morgan fingerprint density at radius 3 is 2.80 bits per heavy atom. The van der Waals surface area contributed by atoms with Gasteiger partial charge >= 0.3 is 0 Å². The highest BCUT2D eigenvalue weighted by atomic mass is 79.9. The molecule has 5 nitrogen and oxygen atoms in total. The van der Waals surface area contributed by atoms with Crippen LogP contribution in [0.15, 0.2) is 16.6 Å². The van der Waals surface area contributed by atoms with E-state index < -0.39 is 0 Å². The summed E-state index contributed by atoms with van der Waals surface area (Å²) >= 11 is 3.35. The van der Waals surface area contributed by atoms with Gasteiger partial charge < -0.3 is 20.1 Å². The minimum atomic E-state index is 0.0830. The van der Waals surface area contributed by atoms with E-state index in [1.165, 1.54) is 7.11 Å². The number of hydrogen-bond donors (Lipinski definition) is 2. The number of carbonyl (C=O) groups is 1. The zero-order valence-corrected chi connectivity index (χ0v) is 13.1. The van der Waals surface area contributed by atoms with E-state index in [9.17, 15) is 9.90 Å². The van der Waals surface area contributed by atoms with Gasteiger partial charge in [-0.1, -0.05) is 6.07 Å². The summed E-state index contributed by atoms with van der Waals surface area (Å²) in [5.74, 6) is 0.669. The first-order valence-corrected chi connectivity index (χ1v) is 7.45. The second-order valence-corrected chi connectivity index (χ2v) is 5.51. The number of benzene rings is 1. The maximum atomic E-state index is 12.1. The Balaban J connectivity index is 1.96. The summed E-state index contributed by atoms with van der Waals surface area (Å²) in [6, 6.07) is 3.58. The van der Waals surface area contributed by atoms with E-state index in [0.29, 0.717) is 23.1 Å². The van der Waals surface area contributed by atoms with Crippen molar-refractivity contribution < 1.29 is 14.6 Å². The van der Waals surface area contributed by atoms with Crippen molar-refractivity contribution in [3.63, 3.8) is 0 Å². The smallest absolute Gasteiger partial charge is 0.222 e. The zero-order valence-electron chi connectivity index (χ0n) is 11.5. The fraction of sp³-hybridized carbons (Fsp3) is 0.500. The second kappa shape index (κ2) is 6.95. The Bertz CT molecular complexity index is 488. The molecule has 1 saturated heterocycles. The molecule has 110 valence electrons. The molecule has 0 radical (unpaired) electrons. The summed E-state index contributed by atoms with van der Waals surface area (Å²) in [7, 11) is 1.51. The van der Waals surface area contributed by atoms with Gasteiger partial charge in [-0.15, -0.1) is 0 Å². The maximum absolute atomic E-state index is 12.1. The van der Waals surface area contributed by atoms with Crippen molar-refractivity contribution in [2.24, 2.45) is 0 Å². The monoisotopic (exact) mass is 342 g/mol. The Morgan fingerprint density at radius 2 is 2.15 bits per heavy atom. The van der Waals surface area contributed by atoms with Crippen LogP contribution >= 0.6 is 15.9 Å². The number of aryl methyl sites for hydroxylation is 1. The van der Waals surface area contributed by atoms with Gasteiger partial charge in [0.2, 0.25) is 5.91 Å². The lowest BCUT2D eigenvalue weighted by Crippen LogP contribution is -2.46. The molecule has 1 amide bonds. The van der Waals surface area contributed by atoms with Crippen molar-refractivity contribution in [2.45, 2.75) is 12.8 Å². The molecule has 2 N–H and O–H groups in total. The molecule has 0 unspecified atom stereocenters. The van der Waals surface area contributed by atoms with Crippen LogP contribution in [0.1, 0.15) is 12.0 Å². The third kappa shape index (κ3) is 3.43. The molecule has 0 spiro atoms. The molecule has 1 aromatic rings. The lowest BCUT2D eigenvalue weighted by molar-refractivity contribution is -0.131. The van der Waals surface area contributed by atoms with Crippen molar-refractivity contribution in [3.05, 3.63) is 22.2 Å². The number of ether oxygens (including phenoxy) is 1. The fourth-order valence-electron chi connectivity index (χ4n) is 2.26. The first-order valence-electron chi connectivity index (χ1n) is 6.66. The number of nitrogens with one attached hydrogen (secondary N) is 1. The molecule has 1 aliphatic heterocycles.